The van der Waals surface area contributed by atoms with Gasteiger partial charge in [-0.15, -0.1) is 5.10 Å². The third-order valence-electron chi connectivity index (χ3n) is 2.80. The molecule has 0 spiro atoms. The highest BCUT2D eigenvalue weighted by Crippen LogP contribution is 2.21. The van der Waals surface area contributed by atoms with Crippen molar-refractivity contribution in [3.05, 3.63) is 16.8 Å². The van der Waals surface area contributed by atoms with Gasteiger partial charge in [0.2, 0.25) is 0 Å². The summed E-state index contributed by atoms with van der Waals surface area (Å²) >= 11 is 0. The Morgan fingerprint density at radius 2 is 1.71 bits per heavy atom. The van der Waals surface area contributed by atoms with Crippen LogP contribution in [0.15, 0.2) is 0 Å². The van der Waals surface area contributed by atoms with Gasteiger partial charge in [0.05, 0.1) is 18.9 Å². The monoisotopic (exact) mass is 240 g/mol. The van der Waals surface area contributed by atoms with Gasteiger partial charge in [-0.1, -0.05) is 0 Å². The minimum atomic E-state index is -0.00137. The van der Waals surface area contributed by atoms with E-state index in [1.165, 1.54) is 0 Å². The van der Waals surface area contributed by atoms with Gasteiger partial charge in [-0.25, -0.2) is 0 Å². The Labute approximate surface area is 101 Å². The van der Waals surface area contributed by atoms with Crippen LogP contribution in [0.1, 0.15) is 16.8 Å². The molecule has 0 saturated carbocycles. The summed E-state index contributed by atoms with van der Waals surface area (Å²) in [6.45, 7) is 5.01. The van der Waals surface area contributed by atoms with Gasteiger partial charge in [0.1, 0.15) is 0 Å². The Kier molecular flexibility index (Phi) is 5.27. The Morgan fingerprint density at radius 3 is 2.18 bits per heavy atom. The maximum atomic E-state index is 9.01. The molecule has 1 aromatic heterocycles. The molecule has 1 heterocycles. The number of aliphatic hydroxyl groups excluding tert-OH is 2. The molecule has 0 aromatic carbocycles. The fraction of sp³-hybridized carbons (Fsp3) is 0.636. The van der Waals surface area contributed by atoms with E-state index >= 15 is 0 Å². The summed E-state index contributed by atoms with van der Waals surface area (Å²) < 4.78 is 0. The molecule has 0 unspecified atom stereocenters. The Morgan fingerprint density at radius 1 is 1.12 bits per heavy atom. The van der Waals surface area contributed by atoms with Crippen molar-refractivity contribution in [1.82, 2.24) is 10.2 Å². The van der Waals surface area contributed by atoms with E-state index in [0.29, 0.717) is 25.5 Å². The first-order valence-electron chi connectivity index (χ1n) is 5.65. The summed E-state index contributed by atoms with van der Waals surface area (Å²) in [6, 6.07) is 0. The van der Waals surface area contributed by atoms with Crippen molar-refractivity contribution < 1.29 is 10.2 Å². The van der Waals surface area contributed by atoms with E-state index in [9.17, 15) is 0 Å². The van der Waals surface area contributed by atoms with Crippen molar-refractivity contribution in [3.8, 4) is 0 Å². The third kappa shape index (κ3) is 3.12. The van der Waals surface area contributed by atoms with Crippen molar-refractivity contribution in [1.29, 1.82) is 0 Å². The molecule has 0 amide bonds. The van der Waals surface area contributed by atoms with Gasteiger partial charge in [-0.05, 0) is 19.4 Å². The molecule has 96 valence electrons. The highest BCUT2D eigenvalue weighted by molar-refractivity contribution is 5.50. The third-order valence-corrected chi connectivity index (χ3v) is 2.80. The van der Waals surface area contributed by atoms with Gasteiger partial charge in [0, 0.05) is 25.2 Å². The molecule has 0 fully saturated rings. The molecule has 0 radical (unpaired) electrons. The van der Waals surface area contributed by atoms with Crippen LogP contribution in [0.25, 0.3) is 0 Å². The van der Waals surface area contributed by atoms with Crippen molar-refractivity contribution in [2.75, 3.05) is 31.2 Å². The van der Waals surface area contributed by atoms with E-state index in [1.807, 2.05) is 13.8 Å². The first kappa shape index (κ1) is 13.8. The summed E-state index contributed by atoms with van der Waals surface area (Å²) in [4.78, 5) is 1.79. The summed E-state index contributed by atoms with van der Waals surface area (Å²) in [5, 5.41) is 26.2. The number of anilines is 1. The molecule has 0 saturated heterocycles. The van der Waals surface area contributed by atoms with Crippen molar-refractivity contribution >= 4 is 5.82 Å². The van der Waals surface area contributed by atoms with E-state index in [2.05, 4.69) is 10.2 Å². The molecule has 1 aromatic rings. The average Bonchev–Trinajstić information content (AvgIpc) is 2.32. The number of aryl methyl sites for hydroxylation is 1. The normalized spacial score (nSPS) is 10.6. The molecule has 17 heavy (non-hydrogen) atoms. The minimum Gasteiger partial charge on any atom is -0.395 e. The van der Waals surface area contributed by atoms with E-state index in [1.54, 1.807) is 4.90 Å². The lowest BCUT2D eigenvalue weighted by Crippen LogP contribution is -2.32. The first-order chi connectivity index (χ1) is 8.15. The first-order valence-corrected chi connectivity index (χ1v) is 5.65. The minimum absolute atomic E-state index is 0.00137. The molecule has 0 atom stereocenters. The molecular weight excluding hydrogens is 220 g/mol. The van der Waals surface area contributed by atoms with Gasteiger partial charge < -0.3 is 20.8 Å². The number of nitrogens with two attached hydrogens (primary N) is 1. The fourth-order valence-electron chi connectivity index (χ4n) is 1.71. The van der Waals surface area contributed by atoms with E-state index in [-0.39, 0.29) is 13.2 Å². The van der Waals surface area contributed by atoms with Crippen LogP contribution in [0.4, 0.5) is 5.82 Å². The molecular formula is C11H20N4O2. The molecule has 1 rings (SSSR count). The zero-order valence-electron chi connectivity index (χ0n) is 10.3. The predicted octanol–water partition coefficient (Wildman–Crippen LogP) is -0.657. The zero-order valence-corrected chi connectivity index (χ0v) is 10.3. The van der Waals surface area contributed by atoms with Crippen LogP contribution in [0.5, 0.6) is 0 Å². The highest BCUT2D eigenvalue weighted by Gasteiger charge is 2.15. The number of hydrogen-bond donors (Lipinski definition) is 3. The van der Waals surface area contributed by atoms with E-state index in [0.717, 1.165) is 16.8 Å². The van der Waals surface area contributed by atoms with Crippen molar-refractivity contribution in [3.63, 3.8) is 0 Å². The Hall–Kier alpha value is -1.24. The fourth-order valence-corrected chi connectivity index (χ4v) is 1.71. The molecule has 0 aliphatic rings. The van der Waals surface area contributed by atoms with Gasteiger partial charge >= 0.3 is 0 Å². The lowest BCUT2D eigenvalue weighted by molar-refractivity contribution is 0.280. The summed E-state index contributed by atoms with van der Waals surface area (Å²) in [5.74, 6) is 0.652. The summed E-state index contributed by atoms with van der Waals surface area (Å²) in [5.41, 5.74) is 8.51. The Bertz CT molecular complexity index is 365. The second-order valence-electron chi connectivity index (χ2n) is 3.85. The topological polar surface area (TPSA) is 95.5 Å². The number of rotatable bonds is 6. The molecule has 6 nitrogen and oxygen atoms in total. The molecule has 0 aliphatic heterocycles. The van der Waals surface area contributed by atoms with Crippen LogP contribution >= 0.6 is 0 Å². The second kappa shape index (κ2) is 6.48. The Balaban J connectivity index is 3.13. The smallest absolute Gasteiger partial charge is 0.156 e. The van der Waals surface area contributed by atoms with Gasteiger partial charge in [0.15, 0.2) is 5.82 Å². The highest BCUT2D eigenvalue weighted by atomic mass is 16.3. The number of aliphatic hydroxyl groups is 2. The average molecular weight is 240 g/mol. The maximum Gasteiger partial charge on any atom is 0.156 e. The van der Waals surface area contributed by atoms with Crippen LogP contribution in [0.2, 0.25) is 0 Å². The second-order valence-corrected chi connectivity index (χ2v) is 3.85. The lowest BCUT2D eigenvalue weighted by atomic mass is 10.1. The molecule has 4 N–H and O–H groups in total. The van der Waals surface area contributed by atoms with Gasteiger partial charge in [0.25, 0.3) is 0 Å². The molecule has 0 aliphatic carbocycles. The zero-order chi connectivity index (χ0) is 12.8. The van der Waals surface area contributed by atoms with Crippen molar-refractivity contribution in [2.45, 2.75) is 20.4 Å². The van der Waals surface area contributed by atoms with Crippen LogP contribution in [0, 0.1) is 13.8 Å². The number of aromatic nitrogens is 2. The van der Waals surface area contributed by atoms with Crippen molar-refractivity contribution in [2.24, 2.45) is 5.73 Å². The maximum absolute atomic E-state index is 9.01. The molecule has 6 heteroatoms. The SMILES string of the molecule is Cc1nnc(N(CCO)CCO)c(CN)c1C. The van der Waals surface area contributed by atoms with Crippen LogP contribution in [-0.2, 0) is 6.54 Å². The largest absolute Gasteiger partial charge is 0.395 e. The quantitative estimate of drug-likeness (QED) is 0.611. The molecule has 0 bridgehead atoms. The number of nitrogens with zero attached hydrogens (tertiary/aromatic N) is 3. The van der Waals surface area contributed by atoms with E-state index < -0.39 is 0 Å². The summed E-state index contributed by atoms with van der Waals surface area (Å²) in [6.07, 6.45) is 0. The van der Waals surface area contributed by atoms with Crippen LogP contribution in [-0.4, -0.2) is 46.7 Å². The number of hydrogen-bond acceptors (Lipinski definition) is 6. The van der Waals surface area contributed by atoms with Gasteiger partial charge in [-0.3, -0.25) is 0 Å². The lowest BCUT2D eigenvalue weighted by Gasteiger charge is -2.24. The predicted molar refractivity (Wildman–Crippen MR) is 65.8 cm³/mol. The standard InChI is InChI=1S/C11H20N4O2/c1-8-9(2)13-14-11(10(8)7-12)15(3-5-16)4-6-17/h16-17H,3-7,12H2,1-2H3. The van der Waals surface area contributed by atoms with Gasteiger partial charge in [-0.2, -0.15) is 5.10 Å². The van der Waals surface area contributed by atoms with Crippen LogP contribution in [0.3, 0.4) is 0 Å². The summed E-state index contributed by atoms with van der Waals surface area (Å²) in [7, 11) is 0. The van der Waals surface area contributed by atoms with E-state index in [4.69, 9.17) is 15.9 Å². The van der Waals surface area contributed by atoms with Crippen LogP contribution < -0.4 is 10.6 Å².